The van der Waals surface area contributed by atoms with Crippen LogP contribution < -0.4 is 5.73 Å². The topological polar surface area (TPSA) is 39.2 Å². The molecule has 1 heterocycles. The number of hydrogen-bond donors (Lipinski definition) is 1. The van der Waals surface area contributed by atoms with E-state index in [4.69, 9.17) is 10.2 Å². The zero-order valence-corrected chi connectivity index (χ0v) is 8.10. The lowest BCUT2D eigenvalue weighted by molar-refractivity contribution is 0.459. The second-order valence-corrected chi connectivity index (χ2v) is 3.59. The zero-order chi connectivity index (χ0) is 8.27. The maximum atomic E-state index is 5.48. The second-order valence-electron chi connectivity index (χ2n) is 2.74. The first-order chi connectivity index (χ1) is 5.24. The van der Waals surface area contributed by atoms with E-state index < -0.39 is 0 Å². The summed E-state index contributed by atoms with van der Waals surface area (Å²) in [6, 6.07) is 1.90. The van der Waals surface area contributed by atoms with Gasteiger partial charge in [-0.15, -0.1) is 0 Å². The number of halogens is 1. The first-order valence-electron chi connectivity index (χ1n) is 3.66. The molecular weight excluding hydrogens is 206 g/mol. The largest absolute Gasteiger partial charge is 0.468 e. The van der Waals surface area contributed by atoms with Gasteiger partial charge in [-0.1, -0.05) is 6.92 Å². The van der Waals surface area contributed by atoms with Crippen LogP contribution in [0.5, 0.6) is 0 Å². The molecule has 1 atom stereocenters. The van der Waals surface area contributed by atoms with Crippen molar-refractivity contribution in [1.82, 2.24) is 0 Å². The van der Waals surface area contributed by atoms with Gasteiger partial charge in [0.05, 0.1) is 10.7 Å². The normalized spacial score (nSPS) is 13.4. The van der Waals surface area contributed by atoms with E-state index in [0.717, 1.165) is 16.7 Å². The Hall–Kier alpha value is -0.280. The van der Waals surface area contributed by atoms with Crippen LogP contribution in [0.1, 0.15) is 12.7 Å². The van der Waals surface area contributed by atoms with E-state index in [2.05, 4.69) is 22.9 Å². The van der Waals surface area contributed by atoms with E-state index in [9.17, 15) is 0 Å². The van der Waals surface area contributed by atoms with Crippen LogP contribution in [0.3, 0.4) is 0 Å². The smallest absolute Gasteiger partial charge is 0.118 e. The van der Waals surface area contributed by atoms with Crippen molar-refractivity contribution in [3.63, 3.8) is 0 Å². The van der Waals surface area contributed by atoms with E-state index >= 15 is 0 Å². The summed E-state index contributed by atoms with van der Waals surface area (Å²) in [6.07, 6.45) is 2.59. The van der Waals surface area contributed by atoms with Crippen LogP contribution in [-0.2, 0) is 6.42 Å². The lowest BCUT2D eigenvalue weighted by Gasteiger charge is -2.04. The number of nitrogens with two attached hydrogens (primary N) is 1. The Morgan fingerprint density at radius 3 is 2.91 bits per heavy atom. The van der Waals surface area contributed by atoms with E-state index in [1.165, 1.54) is 0 Å². The third-order valence-corrected chi connectivity index (χ3v) is 2.33. The lowest BCUT2D eigenvalue weighted by atomic mass is 10.1. The molecule has 0 aliphatic carbocycles. The van der Waals surface area contributed by atoms with E-state index in [1.54, 1.807) is 6.26 Å². The minimum atomic E-state index is 0.484. The first kappa shape index (κ1) is 8.81. The van der Waals surface area contributed by atoms with Gasteiger partial charge in [0.2, 0.25) is 0 Å². The van der Waals surface area contributed by atoms with Crippen LogP contribution in [0.25, 0.3) is 0 Å². The fourth-order valence-corrected chi connectivity index (χ4v) is 1.23. The molecule has 0 saturated heterocycles. The van der Waals surface area contributed by atoms with Crippen LogP contribution in [-0.4, -0.2) is 6.54 Å². The van der Waals surface area contributed by atoms with Crippen LogP contribution >= 0.6 is 15.9 Å². The van der Waals surface area contributed by atoms with Crippen molar-refractivity contribution in [1.29, 1.82) is 0 Å². The highest BCUT2D eigenvalue weighted by atomic mass is 79.9. The van der Waals surface area contributed by atoms with Gasteiger partial charge in [-0.05, 0) is 34.5 Å². The molecule has 0 aliphatic rings. The van der Waals surface area contributed by atoms with Crippen LogP contribution in [0.15, 0.2) is 21.2 Å². The summed E-state index contributed by atoms with van der Waals surface area (Å²) in [5.74, 6) is 1.47. The molecule has 0 spiro atoms. The molecule has 1 rings (SSSR count). The molecule has 1 aromatic heterocycles. The van der Waals surface area contributed by atoms with Gasteiger partial charge in [0.1, 0.15) is 5.76 Å². The third kappa shape index (κ3) is 2.34. The molecule has 0 radical (unpaired) electrons. The predicted molar refractivity (Wildman–Crippen MR) is 48.3 cm³/mol. The van der Waals surface area contributed by atoms with Crippen molar-refractivity contribution in [3.05, 3.63) is 22.6 Å². The zero-order valence-electron chi connectivity index (χ0n) is 6.51. The summed E-state index contributed by atoms with van der Waals surface area (Å²) in [5, 5.41) is 0. The van der Waals surface area contributed by atoms with Crippen molar-refractivity contribution >= 4 is 15.9 Å². The first-order valence-corrected chi connectivity index (χ1v) is 4.45. The predicted octanol–water partition coefficient (Wildman–Crippen LogP) is 2.18. The summed E-state index contributed by atoms with van der Waals surface area (Å²) >= 11 is 3.39. The van der Waals surface area contributed by atoms with Gasteiger partial charge < -0.3 is 10.2 Å². The molecule has 0 amide bonds. The van der Waals surface area contributed by atoms with Gasteiger partial charge in [0.15, 0.2) is 0 Å². The Morgan fingerprint density at radius 1 is 1.73 bits per heavy atom. The van der Waals surface area contributed by atoms with Crippen LogP contribution in [0.2, 0.25) is 0 Å². The van der Waals surface area contributed by atoms with E-state index in [1.807, 2.05) is 6.07 Å². The van der Waals surface area contributed by atoms with E-state index in [0.29, 0.717) is 12.5 Å². The Bertz CT molecular complexity index is 222. The molecule has 0 saturated carbocycles. The molecule has 2 nitrogen and oxygen atoms in total. The Kier molecular flexibility index (Phi) is 3.15. The Morgan fingerprint density at radius 2 is 2.45 bits per heavy atom. The van der Waals surface area contributed by atoms with Crippen molar-refractivity contribution in [2.45, 2.75) is 13.3 Å². The van der Waals surface area contributed by atoms with Gasteiger partial charge in [0.25, 0.3) is 0 Å². The van der Waals surface area contributed by atoms with Gasteiger partial charge in [0, 0.05) is 6.42 Å². The molecular formula is C8H12BrNO. The van der Waals surface area contributed by atoms with Gasteiger partial charge in [-0.2, -0.15) is 0 Å². The maximum Gasteiger partial charge on any atom is 0.118 e. The molecule has 0 aliphatic heterocycles. The maximum absolute atomic E-state index is 5.48. The standard InChI is InChI=1S/C8H12BrNO/c1-6(5-10)4-8-7(9)2-3-11-8/h2-3,6H,4-5,10H2,1H3. The lowest BCUT2D eigenvalue weighted by Crippen LogP contribution is -2.12. The highest BCUT2D eigenvalue weighted by molar-refractivity contribution is 9.10. The van der Waals surface area contributed by atoms with Gasteiger partial charge >= 0.3 is 0 Å². The molecule has 1 aromatic rings. The molecule has 11 heavy (non-hydrogen) atoms. The van der Waals surface area contributed by atoms with Crippen LogP contribution in [0.4, 0.5) is 0 Å². The monoisotopic (exact) mass is 217 g/mol. The van der Waals surface area contributed by atoms with Crippen molar-refractivity contribution < 1.29 is 4.42 Å². The quantitative estimate of drug-likeness (QED) is 0.844. The number of hydrogen-bond acceptors (Lipinski definition) is 2. The fraction of sp³-hybridized carbons (Fsp3) is 0.500. The van der Waals surface area contributed by atoms with Gasteiger partial charge in [-0.3, -0.25) is 0 Å². The highest BCUT2D eigenvalue weighted by Crippen LogP contribution is 2.20. The number of furan rings is 1. The highest BCUT2D eigenvalue weighted by Gasteiger charge is 2.07. The molecule has 3 heteroatoms. The summed E-state index contributed by atoms with van der Waals surface area (Å²) in [7, 11) is 0. The molecule has 2 N–H and O–H groups in total. The second kappa shape index (κ2) is 3.93. The molecule has 0 fully saturated rings. The van der Waals surface area contributed by atoms with Crippen LogP contribution in [0, 0.1) is 5.92 Å². The molecule has 62 valence electrons. The summed E-state index contributed by atoms with van der Waals surface area (Å²) in [5.41, 5.74) is 5.48. The third-order valence-electron chi connectivity index (χ3n) is 1.63. The van der Waals surface area contributed by atoms with Crippen molar-refractivity contribution in [3.8, 4) is 0 Å². The molecule has 0 bridgehead atoms. The minimum absolute atomic E-state index is 0.484. The van der Waals surface area contributed by atoms with Crippen molar-refractivity contribution in [2.75, 3.05) is 6.54 Å². The van der Waals surface area contributed by atoms with Crippen molar-refractivity contribution in [2.24, 2.45) is 11.7 Å². The summed E-state index contributed by atoms with van der Waals surface area (Å²) < 4.78 is 6.27. The molecule has 0 aromatic carbocycles. The fourth-order valence-electron chi connectivity index (χ4n) is 0.871. The SMILES string of the molecule is CC(CN)Cc1occc1Br. The number of rotatable bonds is 3. The Balaban J connectivity index is 2.56. The Labute approximate surface area is 74.9 Å². The van der Waals surface area contributed by atoms with E-state index in [-0.39, 0.29) is 0 Å². The molecule has 1 unspecified atom stereocenters. The average molecular weight is 218 g/mol. The minimum Gasteiger partial charge on any atom is -0.468 e. The van der Waals surface area contributed by atoms with Gasteiger partial charge in [-0.25, -0.2) is 0 Å². The average Bonchev–Trinajstić information content (AvgIpc) is 2.37. The summed E-state index contributed by atoms with van der Waals surface area (Å²) in [4.78, 5) is 0. The summed E-state index contributed by atoms with van der Waals surface area (Å²) in [6.45, 7) is 2.81.